The van der Waals surface area contributed by atoms with Crippen LogP contribution in [0.2, 0.25) is 20.5 Å². The minimum atomic E-state index is -0.725. The molecule has 3 heterocycles. The molecule has 0 bridgehead atoms. The van der Waals surface area contributed by atoms with Gasteiger partial charge in [-0.15, -0.1) is 0 Å². The monoisotopic (exact) mass is 905 g/mol. The first-order chi connectivity index (χ1) is 28.2. The number of rotatable bonds is 7. The number of anilines is 1. The molecule has 6 rings (SSSR count). The van der Waals surface area contributed by atoms with Crippen molar-refractivity contribution in [3.63, 3.8) is 0 Å². The van der Waals surface area contributed by atoms with Crippen LogP contribution in [0, 0.1) is 30.3 Å². The second-order valence-corrected chi connectivity index (χ2v) is 13.2. The molecule has 0 radical (unpaired) electrons. The van der Waals surface area contributed by atoms with Crippen molar-refractivity contribution in [3.05, 3.63) is 161 Å². The average Bonchev–Trinajstić information content (AvgIpc) is 3.15. The van der Waals surface area contributed by atoms with E-state index in [1.165, 1.54) is 110 Å². The van der Waals surface area contributed by atoms with Crippen LogP contribution in [0.5, 0.6) is 23.3 Å². The number of primary amides is 1. The third-order valence-electron chi connectivity index (χ3n) is 5.86. The Balaban J connectivity index is 0.000000270. The van der Waals surface area contributed by atoms with Gasteiger partial charge in [-0.05, 0) is 57.2 Å². The van der Waals surface area contributed by atoms with E-state index in [0.717, 1.165) is 0 Å². The lowest BCUT2D eigenvalue weighted by molar-refractivity contribution is -0.385. The number of nitro benzene ring substituents is 3. The molecule has 0 aliphatic heterocycles. The number of nitrogens with zero attached hydrogens (tertiary/aromatic N) is 9. The summed E-state index contributed by atoms with van der Waals surface area (Å²) in [6.45, 7) is 5.28. The van der Waals surface area contributed by atoms with Crippen LogP contribution < -0.4 is 20.9 Å². The number of amides is 1. The van der Waals surface area contributed by atoms with Crippen LogP contribution in [0.25, 0.3) is 0 Å². The number of nitrogen functional groups attached to an aromatic ring is 1. The number of nitrogens with two attached hydrogens (primary N) is 2. The van der Waals surface area contributed by atoms with Crippen molar-refractivity contribution in [1.82, 2.24) is 29.9 Å². The molecule has 0 saturated heterocycles. The van der Waals surface area contributed by atoms with Gasteiger partial charge in [-0.25, -0.2) is 34.7 Å². The summed E-state index contributed by atoms with van der Waals surface area (Å²) in [5.74, 6) is 1.72. The highest BCUT2D eigenvalue weighted by Gasteiger charge is 2.12. The van der Waals surface area contributed by atoms with E-state index in [9.17, 15) is 35.1 Å². The Bertz CT molecular complexity index is 2210. The van der Waals surface area contributed by atoms with Crippen LogP contribution in [-0.4, -0.2) is 56.4 Å². The van der Waals surface area contributed by atoms with Crippen LogP contribution in [0.1, 0.15) is 20.8 Å². The predicted octanol–water partition coefficient (Wildman–Crippen LogP) is 9.50. The molecular formula is C35H31Cl4N11O10. The largest absolute Gasteiger partial charge is 0.444 e. The lowest BCUT2D eigenvalue weighted by Gasteiger charge is -2.16. The van der Waals surface area contributed by atoms with Gasteiger partial charge in [-0.2, -0.15) is 0 Å². The van der Waals surface area contributed by atoms with Crippen LogP contribution in [0.4, 0.5) is 27.7 Å². The van der Waals surface area contributed by atoms with Gasteiger partial charge in [0, 0.05) is 59.6 Å². The highest BCUT2D eigenvalue weighted by molar-refractivity contribution is 6.33. The summed E-state index contributed by atoms with van der Waals surface area (Å²) < 4.78 is 15.3. The Hall–Kier alpha value is -7.07. The smallest absolute Gasteiger partial charge is 0.405 e. The number of halogens is 4. The van der Waals surface area contributed by atoms with Crippen molar-refractivity contribution in [3.8, 4) is 23.3 Å². The van der Waals surface area contributed by atoms with Gasteiger partial charge < -0.3 is 25.7 Å². The minimum Gasteiger partial charge on any atom is -0.444 e. The number of hydrogen-bond acceptors (Lipinski definition) is 17. The SMILES string of the molecule is CC(C)(C)OC(N)=O.Clc1cc(Cl)ncn1.Nc1cc(Oc2ccc([N+](=O)[O-])cc2)ncn1.O=[N+]([O-])c1ccc(Cl)cc1.O=[N+]([O-])c1ccc(Oc2cc(Cl)ncn2)cc1. The number of ether oxygens (including phenoxy) is 3. The maximum atomic E-state index is 10.4. The molecule has 0 unspecified atom stereocenters. The maximum Gasteiger partial charge on any atom is 0.405 e. The number of carbonyl (C=O) groups is 1. The van der Waals surface area contributed by atoms with Crippen molar-refractivity contribution in [2.75, 3.05) is 5.73 Å². The van der Waals surface area contributed by atoms with E-state index in [2.05, 4.69) is 34.6 Å². The fourth-order valence-electron chi connectivity index (χ4n) is 3.47. The molecule has 21 nitrogen and oxygen atoms in total. The van der Waals surface area contributed by atoms with Crippen molar-refractivity contribution < 1.29 is 33.8 Å². The first kappa shape index (κ1) is 49.1. The summed E-state index contributed by atoms with van der Waals surface area (Å²) in [6, 6.07) is 21.4. The predicted molar refractivity (Wildman–Crippen MR) is 220 cm³/mol. The van der Waals surface area contributed by atoms with Crippen LogP contribution >= 0.6 is 46.4 Å². The van der Waals surface area contributed by atoms with E-state index in [1.807, 2.05) is 0 Å². The first-order valence-corrected chi connectivity index (χ1v) is 17.6. The molecule has 1 amide bonds. The zero-order valence-corrected chi connectivity index (χ0v) is 34.2. The summed E-state index contributed by atoms with van der Waals surface area (Å²) >= 11 is 22.0. The molecule has 25 heteroatoms. The third-order valence-corrected chi connectivity index (χ3v) is 6.73. The number of carbonyl (C=O) groups excluding carboxylic acids is 1. The Morgan fingerprint density at radius 2 is 0.917 bits per heavy atom. The van der Waals surface area contributed by atoms with Gasteiger partial charge in [-0.3, -0.25) is 30.3 Å². The van der Waals surface area contributed by atoms with Crippen LogP contribution in [0.15, 0.2) is 110 Å². The Morgan fingerprint density at radius 3 is 1.22 bits per heavy atom. The number of non-ortho nitro benzene ring substituents is 3. The normalized spacial score (nSPS) is 9.85. The quantitative estimate of drug-likeness (QED) is 0.0855. The zero-order chi connectivity index (χ0) is 44.8. The molecule has 3 aromatic heterocycles. The van der Waals surface area contributed by atoms with E-state index >= 15 is 0 Å². The van der Waals surface area contributed by atoms with Crippen LogP contribution in [0.3, 0.4) is 0 Å². The first-order valence-electron chi connectivity index (χ1n) is 16.1. The topological polar surface area (TPSA) is 304 Å². The highest BCUT2D eigenvalue weighted by atomic mass is 35.5. The standard InChI is InChI=1S/C10H6ClN3O3.C10H8N4O3.C6H4ClNO2.C5H11NO2.C4H2Cl2N2/c2*11-9-5-10(13-6-12-9)17-8-3-1-7(2-4-8)14(15)16;7-5-1-3-6(4-2-5)8(9)10;1-5(2,3)8-4(6)7;5-3-1-4(6)8-2-7-3/h1-6H;1-6H,(H2,11,12,13);1-4H;1-3H3,(H2,6,7);1-2H. The van der Waals surface area contributed by atoms with Gasteiger partial charge in [0.15, 0.2) is 0 Å². The van der Waals surface area contributed by atoms with Crippen molar-refractivity contribution in [2.24, 2.45) is 5.73 Å². The molecule has 3 aromatic carbocycles. The van der Waals surface area contributed by atoms with E-state index < -0.39 is 26.5 Å². The minimum absolute atomic E-state index is 0.000415. The van der Waals surface area contributed by atoms with E-state index in [1.54, 1.807) is 20.8 Å². The maximum absolute atomic E-state index is 10.4. The van der Waals surface area contributed by atoms with Gasteiger partial charge >= 0.3 is 6.09 Å². The molecule has 60 heavy (non-hydrogen) atoms. The Morgan fingerprint density at radius 1 is 0.567 bits per heavy atom. The Labute approximate surface area is 359 Å². The third kappa shape index (κ3) is 20.9. The van der Waals surface area contributed by atoms with Gasteiger partial charge in [0.2, 0.25) is 11.8 Å². The molecule has 0 saturated carbocycles. The summed E-state index contributed by atoms with van der Waals surface area (Å²) in [4.78, 5) is 61.9. The lowest BCUT2D eigenvalue weighted by atomic mass is 10.2. The van der Waals surface area contributed by atoms with Crippen LogP contribution in [-0.2, 0) is 4.74 Å². The van der Waals surface area contributed by atoms with Crippen molar-refractivity contribution >= 4 is 75.4 Å². The summed E-state index contributed by atoms with van der Waals surface area (Å²) in [5, 5.41) is 32.5. The number of nitro groups is 3. The lowest BCUT2D eigenvalue weighted by Crippen LogP contribution is -2.27. The zero-order valence-electron chi connectivity index (χ0n) is 31.2. The van der Waals surface area contributed by atoms with E-state index in [4.69, 9.17) is 67.3 Å². The van der Waals surface area contributed by atoms with Gasteiger partial charge in [0.25, 0.3) is 17.1 Å². The molecule has 0 atom stereocenters. The second kappa shape index (κ2) is 24.6. The molecular weight excluding hydrogens is 876 g/mol. The summed E-state index contributed by atoms with van der Waals surface area (Å²) in [7, 11) is 0. The molecule has 314 valence electrons. The molecule has 0 fully saturated rings. The highest BCUT2D eigenvalue weighted by Crippen LogP contribution is 2.24. The second-order valence-electron chi connectivity index (χ2n) is 11.6. The molecule has 0 spiro atoms. The average molecular weight is 908 g/mol. The van der Waals surface area contributed by atoms with Crippen molar-refractivity contribution in [2.45, 2.75) is 26.4 Å². The molecule has 0 aliphatic carbocycles. The van der Waals surface area contributed by atoms with Gasteiger partial charge in [-0.1, -0.05) is 46.4 Å². The number of aromatic nitrogens is 6. The molecule has 6 aromatic rings. The summed E-state index contributed by atoms with van der Waals surface area (Å²) in [6.07, 6.45) is 3.13. The number of hydrogen-bond donors (Lipinski definition) is 2. The fourth-order valence-corrected chi connectivity index (χ4v) is 4.09. The fraction of sp³-hybridized carbons (Fsp3) is 0.114. The Kier molecular flexibility index (Phi) is 20.2. The molecule has 4 N–H and O–H groups in total. The van der Waals surface area contributed by atoms with E-state index in [0.29, 0.717) is 26.8 Å². The van der Waals surface area contributed by atoms with Gasteiger partial charge in [0.1, 0.15) is 57.4 Å². The van der Waals surface area contributed by atoms with Crippen molar-refractivity contribution in [1.29, 1.82) is 0 Å². The number of benzene rings is 3. The summed E-state index contributed by atoms with van der Waals surface area (Å²) in [5.41, 5.74) is 9.78. The van der Waals surface area contributed by atoms with Gasteiger partial charge in [0.05, 0.1) is 14.8 Å². The van der Waals surface area contributed by atoms with E-state index in [-0.39, 0.29) is 39.8 Å². The molecule has 0 aliphatic rings.